The van der Waals surface area contributed by atoms with Crippen LogP contribution in [0.4, 0.5) is 5.13 Å². The van der Waals surface area contributed by atoms with Crippen molar-refractivity contribution in [2.75, 3.05) is 44.2 Å². The average molecular weight is 408 g/mol. The number of halogens is 1. The highest BCUT2D eigenvalue weighted by molar-refractivity contribution is 7.13. The fourth-order valence-corrected chi connectivity index (χ4v) is 3.84. The lowest BCUT2D eigenvalue weighted by Gasteiger charge is -2.34. The fourth-order valence-electron chi connectivity index (χ4n) is 3.14. The van der Waals surface area contributed by atoms with Gasteiger partial charge in [-0.2, -0.15) is 0 Å². The van der Waals surface area contributed by atoms with Crippen molar-refractivity contribution in [3.63, 3.8) is 0 Å². The number of nitrogens with zero attached hydrogens (tertiary/aromatic N) is 3. The van der Waals surface area contributed by atoms with Gasteiger partial charge in [0.25, 0.3) is 0 Å². The summed E-state index contributed by atoms with van der Waals surface area (Å²) in [6, 6.07) is 8.79. The van der Waals surface area contributed by atoms with E-state index in [1.165, 1.54) is 6.07 Å². The Bertz CT molecular complexity index is 908. The Morgan fingerprint density at radius 3 is 2.74 bits per heavy atom. The molecule has 1 aromatic carbocycles. The number of fused-ring (bicyclic) bond motifs is 1. The molecule has 27 heavy (non-hydrogen) atoms. The first-order chi connectivity index (χ1) is 12.8. The molecule has 3 aromatic rings. The van der Waals surface area contributed by atoms with Gasteiger partial charge < -0.3 is 14.1 Å². The highest BCUT2D eigenvalue weighted by Gasteiger charge is 2.18. The van der Waals surface area contributed by atoms with Crippen LogP contribution in [-0.4, -0.2) is 49.2 Å². The molecule has 0 unspecified atom stereocenters. The molecular formula is C19H22ClN3O3S. The monoisotopic (exact) mass is 407 g/mol. The van der Waals surface area contributed by atoms with Gasteiger partial charge in [0.2, 0.25) is 0 Å². The van der Waals surface area contributed by atoms with E-state index in [1.807, 2.05) is 23.7 Å². The predicted molar refractivity (Wildman–Crippen MR) is 111 cm³/mol. The first-order valence-corrected chi connectivity index (χ1v) is 9.69. The lowest BCUT2D eigenvalue weighted by molar-refractivity contribution is 0.224. The SMILES string of the molecule is Cl.O=c1ccc2ccc(OCCCN3CCN(c4nccs4)CC3)cc2o1. The van der Waals surface area contributed by atoms with Gasteiger partial charge in [-0.15, -0.1) is 23.7 Å². The number of rotatable bonds is 6. The Kier molecular flexibility index (Phi) is 6.71. The maximum Gasteiger partial charge on any atom is 0.336 e. The maximum absolute atomic E-state index is 11.3. The number of hydrogen-bond acceptors (Lipinski definition) is 7. The van der Waals surface area contributed by atoms with Crippen molar-refractivity contribution in [2.45, 2.75) is 6.42 Å². The van der Waals surface area contributed by atoms with Gasteiger partial charge in [-0.25, -0.2) is 9.78 Å². The summed E-state index contributed by atoms with van der Waals surface area (Å²) in [5.41, 5.74) is 0.222. The molecule has 2 aromatic heterocycles. The third-order valence-corrected chi connectivity index (χ3v) is 5.38. The first-order valence-electron chi connectivity index (χ1n) is 8.81. The molecule has 8 heteroatoms. The molecule has 0 spiro atoms. The van der Waals surface area contributed by atoms with Gasteiger partial charge in [-0.05, 0) is 24.6 Å². The fraction of sp³-hybridized carbons (Fsp3) is 0.368. The number of aromatic nitrogens is 1. The molecule has 0 saturated carbocycles. The third kappa shape index (κ3) is 5.00. The van der Waals surface area contributed by atoms with Crippen molar-refractivity contribution in [3.05, 3.63) is 52.3 Å². The molecule has 144 valence electrons. The van der Waals surface area contributed by atoms with Crippen molar-refractivity contribution in [2.24, 2.45) is 0 Å². The first kappa shape index (κ1) is 19.7. The summed E-state index contributed by atoms with van der Waals surface area (Å²) in [5, 5.41) is 4.04. The molecule has 0 amide bonds. The Balaban J connectivity index is 0.00000210. The minimum Gasteiger partial charge on any atom is -0.493 e. The van der Waals surface area contributed by atoms with Crippen LogP contribution < -0.4 is 15.3 Å². The smallest absolute Gasteiger partial charge is 0.336 e. The van der Waals surface area contributed by atoms with Crippen molar-refractivity contribution in [3.8, 4) is 5.75 Å². The van der Waals surface area contributed by atoms with E-state index in [4.69, 9.17) is 9.15 Å². The normalized spacial score (nSPS) is 14.9. The second-order valence-corrected chi connectivity index (χ2v) is 7.17. The maximum atomic E-state index is 11.3. The van der Waals surface area contributed by atoms with Crippen LogP contribution in [0.1, 0.15) is 6.42 Å². The van der Waals surface area contributed by atoms with Crippen molar-refractivity contribution >= 4 is 39.8 Å². The van der Waals surface area contributed by atoms with Crippen LogP contribution in [-0.2, 0) is 0 Å². The van der Waals surface area contributed by atoms with Gasteiger partial charge >= 0.3 is 5.63 Å². The summed E-state index contributed by atoms with van der Waals surface area (Å²) in [6.07, 6.45) is 2.83. The van der Waals surface area contributed by atoms with Crippen LogP contribution in [0.5, 0.6) is 5.75 Å². The van der Waals surface area contributed by atoms with Gasteiger partial charge in [-0.1, -0.05) is 0 Å². The van der Waals surface area contributed by atoms with E-state index in [1.54, 1.807) is 23.5 Å². The van der Waals surface area contributed by atoms with Crippen molar-refractivity contribution < 1.29 is 9.15 Å². The Hall–Kier alpha value is -2.09. The van der Waals surface area contributed by atoms with Crippen LogP contribution in [0.25, 0.3) is 11.0 Å². The van der Waals surface area contributed by atoms with Crippen LogP contribution >= 0.6 is 23.7 Å². The van der Waals surface area contributed by atoms with E-state index in [0.29, 0.717) is 12.2 Å². The summed E-state index contributed by atoms with van der Waals surface area (Å²) < 4.78 is 11.0. The standard InChI is InChI=1S/C19H21N3O3S.ClH/c23-18-5-3-15-2-4-16(14-17(15)25-18)24-12-1-7-21-8-10-22(11-9-21)19-20-6-13-26-19;/h2-6,13-14H,1,7-12H2;1H. The van der Waals surface area contributed by atoms with Crippen LogP contribution in [0.15, 0.2) is 51.1 Å². The average Bonchev–Trinajstić information content (AvgIpc) is 3.20. The van der Waals surface area contributed by atoms with E-state index >= 15 is 0 Å². The van der Waals surface area contributed by atoms with E-state index in [9.17, 15) is 4.79 Å². The lowest BCUT2D eigenvalue weighted by atomic mass is 10.2. The molecule has 4 rings (SSSR count). The molecule has 0 N–H and O–H groups in total. The molecule has 0 radical (unpaired) electrons. The Labute approximate surface area is 167 Å². The largest absolute Gasteiger partial charge is 0.493 e. The summed E-state index contributed by atoms with van der Waals surface area (Å²) in [4.78, 5) is 20.5. The number of anilines is 1. The third-order valence-electron chi connectivity index (χ3n) is 4.54. The minimum absolute atomic E-state index is 0. The van der Waals surface area contributed by atoms with Crippen LogP contribution in [0.3, 0.4) is 0 Å². The van der Waals surface area contributed by atoms with Crippen LogP contribution in [0, 0.1) is 0 Å². The quantitative estimate of drug-likeness (QED) is 0.461. The molecule has 1 aliphatic heterocycles. The molecule has 1 aliphatic rings. The number of benzene rings is 1. The van der Waals surface area contributed by atoms with Crippen molar-refractivity contribution in [1.29, 1.82) is 0 Å². The van der Waals surface area contributed by atoms with Crippen LogP contribution in [0.2, 0.25) is 0 Å². The topological polar surface area (TPSA) is 58.8 Å². The Morgan fingerprint density at radius 2 is 1.96 bits per heavy atom. The molecule has 1 fully saturated rings. The predicted octanol–water partition coefficient (Wildman–Crippen LogP) is 3.26. The van der Waals surface area contributed by atoms with Gasteiger partial charge in [0.15, 0.2) is 5.13 Å². The molecule has 0 aliphatic carbocycles. The highest BCUT2D eigenvalue weighted by Crippen LogP contribution is 2.20. The van der Waals surface area contributed by atoms with Gasteiger partial charge in [0.1, 0.15) is 11.3 Å². The van der Waals surface area contributed by atoms with Gasteiger partial charge in [0.05, 0.1) is 6.61 Å². The Morgan fingerprint density at radius 1 is 1.15 bits per heavy atom. The zero-order valence-electron chi connectivity index (χ0n) is 14.9. The molecule has 0 bridgehead atoms. The molecule has 6 nitrogen and oxygen atoms in total. The van der Waals surface area contributed by atoms with E-state index < -0.39 is 0 Å². The number of thiazole rings is 1. The number of ether oxygens (including phenoxy) is 1. The second kappa shape index (κ2) is 9.21. The highest BCUT2D eigenvalue weighted by atomic mass is 35.5. The zero-order chi connectivity index (χ0) is 17.8. The number of piperazine rings is 1. The van der Waals surface area contributed by atoms with Crippen molar-refractivity contribution in [1.82, 2.24) is 9.88 Å². The molecular weight excluding hydrogens is 386 g/mol. The van der Waals surface area contributed by atoms with E-state index in [0.717, 1.165) is 55.4 Å². The van der Waals surface area contributed by atoms with E-state index in [-0.39, 0.29) is 18.0 Å². The van der Waals surface area contributed by atoms with Gasteiger partial charge in [-0.3, -0.25) is 4.90 Å². The van der Waals surface area contributed by atoms with Gasteiger partial charge in [0, 0.05) is 61.8 Å². The lowest BCUT2D eigenvalue weighted by Crippen LogP contribution is -2.46. The zero-order valence-corrected chi connectivity index (χ0v) is 16.5. The molecule has 3 heterocycles. The minimum atomic E-state index is -0.341. The molecule has 1 saturated heterocycles. The summed E-state index contributed by atoms with van der Waals surface area (Å²) >= 11 is 1.70. The van der Waals surface area contributed by atoms with E-state index in [2.05, 4.69) is 14.8 Å². The molecule has 0 atom stereocenters. The summed E-state index contributed by atoms with van der Waals surface area (Å²) in [7, 11) is 0. The summed E-state index contributed by atoms with van der Waals surface area (Å²) in [5.74, 6) is 0.737. The summed E-state index contributed by atoms with van der Waals surface area (Å²) in [6.45, 7) is 5.83. The number of hydrogen-bond donors (Lipinski definition) is 0. The second-order valence-electron chi connectivity index (χ2n) is 6.30.